The van der Waals surface area contributed by atoms with Crippen molar-refractivity contribution in [3.63, 3.8) is 0 Å². The molecule has 0 saturated carbocycles. The van der Waals surface area contributed by atoms with E-state index in [0.717, 1.165) is 9.80 Å². The maximum atomic E-state index is 13.6. The van der Waals surface area contributed by atoms with Crippen molar-refractivity contribution in [1.82, 2.24) is 0 Å². The van der Waals surface area contributed by atoms with Gasteiger partial charge in [0.05, 0.1) is 21.4 Å². The van der Waals surface area contributed by atoms with E-state index in [0.29, 0.717) is 32.5 Å². The molecule has 1 aliphatic rings. The second-order valence-corrected chi connectivity index (χ2v) is 10.3. The van der Waals surface area contributed by atoms with Crippen molar-refractivity contribution in [3.8, 4) is 5.75 Å². The van der Waals surface area contributed by atoms with Crippen LogP contribution < -0.4 is 14.5 Å². The molecule has 0 N–H and O–H groups in total. The number of ether oxygens (including phenoxy) is 1. The van der Waals surface area contributed by atoms with E-state index in [-0.39, 0.29) is 28.0 Å². The molecule has 1 aliphatic heterocycles. The Labute approximate surface area is 249 Å². The zero-order valence-electron chi connectivity index (χ0n) is 20.5. The fourth-order valence-corrected chi connectivity index (χ4v) is 5.17. The van der Waals surface area contributed by atoms with Gasteiger partial charge in [0.1, 0.15) is 12.2 Å². The number of amides is 4. The Kier molecular flexibility index (Phi) is 8.14. The molecule has 1 heterocycles. The number of benzene rings is 4. The summed E-state index contributed by atoms with van der Waals surface area (Å²) in [5, 5.41) is 1.22. The first kappa shape index (κ1) is 27.7. The van der Waals surface area contributed by atoms with E-state index < -0.39 is 17.8 Å². The number of halogens is 4. The highest BCUT2D eigenvalue weighted by Gasteiger charge is 2.43. The van der Waals surface area contributed by atoms with Crippen molar-refractivity contribution in [2.75, 3.05) is 9.80 Å². The lowest BCUT2D eigenvalue weighted by Crippen LogP contribution is -2.57. The average Bonchev–Trinajstić information content (AvgIpc) is 2.93. The Morgan fingerprint density at radius 3 is 1.68 bits per heavy atom. The lowest BCUT2D eigenvalue weighted by atomic mass is 10.0. The highest BCUT2D eigenvalue weighted by molar-refractivity contribution is 6.46. The van der Waals surface area contributed by atoms with E-state index in [2.05, 4.69) is 0 Å². The topological polar surface area (TPSA) is 66.9 Å². The third-order valence-electron chi connectivity index (χ3n) is 6.00. The number of hydrogen-bond donors (Lipinski definition) is 0. The van der Waals surface area contributed by atoms with Gasteiger partial charge in [-0.2, -0.15) is 0 Å². The summed E-state index contributed by atoms with van der Waals surface area (Å²) in [5.74, 6) is -1.36. The molecule has 4 aromatic carbocycles. The smallest absolute Gasteiger partial charge is 0.343 e. The fourth-order valence-electron chi connectivity index (χ4n) is 4.10. The molecule has 200 valence electrons. The maximum Gasteiger partial charge on any atom is 0.343 e. The summed E-state index contributed by atoms with van der Waals surface area (Å²) in [5.41, 5.74) is 1.42. The van der Waals surface area contributed by atoms with Crippen LogP contribution in [0.3, 0.4) is 0 Å². The highest BCUT2D eigenvalue weighted by Crippen LogP contribution is 2.37. The molecule has 5 rings (SSSR count). The Morgan fingerprint density at radius 1 is 0.650 bits per heavy atom. The maximum absolute atomic E-state index is 13.6. The van der Waals surface area contributed by atoms with Gasteiger partial charge in [0.25, 0.3) is 11.8 Å². The van der Waals surface area contributed by atoms with Crippen LogP contribution in [0.4, 0.5) is 16.2 Å². The lowest BCUT2D eigenvalue weighted by Gasteiger charge is -2.33. The summed E-state index contributed by atoms with van der Waals surface area (Å²) in [6.07, 6.45) is 1.35. The van der Waals surface area contributed by atoms with Crippen LogP contribution in [0.15, 0.2) is 96.6 Å². The van der Waals surface area contributed by atoms with Gasteiger partial charge in [-0.1, -0.05) is 88.9 Å². The van der Waals surface area contributed by atoms with E-state index in [1.54, 1.807) is 78.9 Å². The quantitative estimate of drug-likeness (QED) is 0.162. The number of rotatable bonds is 6. The number of para-hydroxylation sites is 2. The van der Waals surface area contributed by atoms with Crippen molar-refractivity contribution in [3.05, 3.63) is 128 Å². The van der Waals surface area contributed by atoms with E-state index in [1.807, 2.05) is 0 Å². The lowest BCUT2D eigenvalue weighted by molar-refractivity contribution is -0.121. The summed E-state index contributed by atoms with van der Waals surface area (Å²) >= 11 is 25.2. The molecular formula is C30H18Cl4N2O4. The summed E-state index contributed by atoms with van der Waals surface area (Å²) < 4.78 is 5.82. The van der Waals surface area contributed by atoms with Crippen LogP contribution in [0.1, 0.15) is 11.1 Å². The van der Waals surface area contributed by atoms with Crippen molar-refractivity contribution in [1.29, 1.82) is 0 Å². The zero-order valence-corrected chi connectivity index (χ0v) is 23.5. The number of carbonyl (C=O) groups is 3. The number of nitrogens with zero attached hydrogens (tertiary/aromatic N) is 2. The van der Waals surface area contributed by atoms with Crippen LogP contribution in [0.5, 0.6) is 5.75 Å². The Balaban J connectivity index is 1.51. The fraction of sp³-hybridized carbons (Fsp3) is 0.0333. The molecule has 0 unspecified atom stereocenters. The van der Waals surface area contributed by atoms with Gasteiger partial charge >= 0.3 is 6.03 Å². The second-order valence-electron chi connectivity index (χ2n) is 8.63. The monoisotopic (exact) mass is 610 g/mol. The Hall–Kier alpha value is -3.81. The van der Waals surface area contributed by atoms with Gasteiger partial charge < -0.3 is 4.74 Å². The van der Waals surface area contributed by atoms with Crippen molar-refractivity contribution >= 4 is 81.7 Å². The zero-order chi connectivity index (χ0) is 28.4. The van der Waals surface area contributed by atoms with Gasteiger partial charge in [0.2, 0.25) is 0 Å². The molecule has 10 heteroatoms. The number of barbiturate groups is 1. The summed E-state index contributed by atoms with van der Waals surface area (Å²) in [4.78, 5) is 42.5. The minimum absolute atomic E-state index is 0.0764. The van der Waals surface area contributed by atoms with Gasteiger partial charge in [-0.3, -0.25) is 9.59 Å². The number of anilines is 2. The predicted octanol–water partition coefficient (Wildman–Crippen LogP) is 8.46. The van der Waals surface area contributed by atoms with Crippen LogP contribution in [-0.2, 0) is 16.2 Å². The number of urea groups is 1. The molecule has 40 heavy (non-hydrogen) atoms. The van der Waals surface area contributed by atoms with Crippen molar-refractivity contribution in [2.24, 2.45) is 0 Å². The summed E-state index contributed by atoms with van der Waals surface area (Å²) in [7, 11) is 0. The van der Waals surface area contributed by atoms with Crippen LogP contribution in [0, 0.1) is 0 Å². The van der Waals surface area contributed by atoms with E-state index in [1.165, 1.54) is 18.2 Å². The molecule has 0 radical (unpaired) electrons. The second kappa shape index (κ2) is 11.7. The largest absolute Gasteiger partial charge is 0.486 e. The van der Waals surface area contributed by atoms with Crippen LogP contribution >= 0.6 is 46.4 Å². The standard InChI is InChI=1S/C30H18Cl4N2O4/c31-20-12-11-19(24(32)16-20)17-40-27-25(33)14-18(15-26(27)34)13-23-28(37)35(21-7-3-1-4-8-21)30(39)36(29(23)38)22-9-5-2-6-10-22/h1-16H,17H2. The van der Waals surface area contributed by atoms with E-state index in [4.69, 9.17) is 51.1 Å². The van der Waals surface area contributed by atoms with Gasteiger partial charge in [-0.15, -0.1) is 0 Å². The number of hydrogen-bond acceptors (Lipinski definition) is 4. The minimum Gasteiger partial charge on any atom is -0.486 e. The molecule has 0 aromatic heterocycles. The van der Waals surface area contributed by atoms with Gasteiger partial charge in [0.15, 0.2) is 5.75 Å². The molecule has 0 aliphatic carbocycles. The minimum atomic E-state index is -0.787. The predicted molar refractivity (Wildman–Crippen MR) is 158 cm³/mol. The molecule has 0 bridgehead atoms. The molecule has 0 spiro atoms. The van der Waals surface area contributed by atoms with Crippen LogP contribution in [0.2, 0.25) is 20.1 Å². The van der Waals surface area contributed by atoms with Gasteiger partial charge in [-0.05, 0) is 60.2 Å². The molecule has 6 nitrogen and oxygen atoms in total. The Morgan fingerprint density at radius 2 is 1.18 bits per heavy atom. The van der Waals surface area contributed by atoms with Gasteiger partial charge in [0, 0.05) is 15.6 Å². The molecule has 1 saturated heterocycles. The Bertz CT molecular complexity index is 1570. The third-order valence-corrected chi connectivity index (χ3v) is 7.15. The van der Waals surface area contributed by atoms with Crippen molar-refractivity contribution in [2.45, 2.75) is 6.61 Å². The first-order valence-electron chi connectivity index (χ1n) is 11.8. The molecule has 4 amide bonds. The van der Waals surface area contributed by atoms with E-state index >= 15 is 0 Å². The number of carbonyl (C=O) groups excluding carboxylic acids is 3. The van der Waals surface area contributed by atoms with Gasteiger partial charge in [-0.25, -0.2) is 14.6 Å². The van der Waals surface area contributed by atoms with Crippen molar-refractivity contribution < 1.29 is 19.1 Å². The third kappa shape index (κ3) is 5.58. The molecular weight excluding hydrogens is 594 g/mol. The first-order valence-corrected chi connectivity index (χ1v) is 13.4. The summed E-state index contributed by atoms with van der Waals surface area (Å²) in [6.45, 7) is 0.0764. The molecule has 0 atom stereocenters. The van der Waals surface area contributed by atoms with E-state index in [9.17, 15) is 14.4 Å². The first-order chi connectivity index (χ1) is 19.2. The SMILES string of the molecule is O=C1C(=Cc2cc(Cl)c(OCc3ccc(Cl)cc3Cl)c(Cl)c2)C(=O)N(c2ccccc2)C(=O)N1c1ccccc1. The highest BCUT2D eigenvalue weighted by atomic mass is 35.5. The van der Waals surface area contributed by atoms with Crippen LogP contribution in [-0.4, -0.2) is 17.8 Å². The number of imide groups is 2. The molecule has 4 aromatic rings. The average molecular weight is 612 g/mol. The molecule has 1 fully saturated rings. The van der Waals surface area contributed by atoms with Crippen LogP contribution in [0.25, 0.3) is 6.08 Å². The summed E-state index contributed by atoms with van der Waals surface area (Å²) in [6, 6.07) is 24.0. The normalized spacial score (nSPS) is 13.6.